The van der Waals surface area contributed by atoms with Crippen LogP contribution >= 0.6 is 11.3 Å². The van der Waals surface area contributed by atoms with Crippen LogP contribution in [0.4, 0.5) is 0 Å². The number of ether oxygens (including phenoxy) is 2. The zero-order valence-corrected chi connectivity index (χ0v) is 16.0. The Kier molecular flexibility index (Phi) is 4.67. The molecule has 4 rings (SSSR count). The van der Waals surface area contributed by atoms with Crippen LogP contribution in [0.3, 0.4) is 0 Å². The molecule has 2 heterocycles. The standard InChI is InChI=1S/C21H16N2O4S/c1-26-15-10-8-14(9-11-15)23-20-16(18(22-23)21(25)27-2)12-17(28-20)19(24)13-6-4-3-5-7-13/h3-12H,1-2H3. The molecule has 0 N–H and O–H groups in total. The third-order valence-electron chi connectivity index (χ3n) is 4.32. The zero-order chi connectivity index (χ0) is 19.7. The molecule has 4 aromatic rings. The van der Waals surface area contributed by atoms with Crippen LogP contribution in [-0.2, 0) is 4.74 Å². The van der Waals surface area contributed by atoms with Gasteiger partial charge >= 0.3 is 5.97 Å². The van der Waals surface area contributed by atoms with Gasteiger partial charge in [0.25, 0.3) is 0 Å². The van der Waals surface area contributed by atoms with E-state index in [0.717, 1.165) is 5.69 Å². The summed E-state index contributed by atoms with van der Waals surface area (Å²) in [7, 11) is 2.90. The third-order valence-corrected chi connectivity index (χ3v) is 5.42. The van der Waals surface area contributed by atoms with E-state index >= 15 is 0 Å². The van der Waals surface area contributed by atoms with E-state index in [2.05, 4.69) is 5.10 Å². The van der Waals surface area contributed by atoms with Crippen LogP contribution in [0.2, 0.25) is 0 Å². The number of hydrogen-bond acceptors (Lipinski definition) is 6. The maximum Gasteiger partial charge on any atom is 0.359 e. The van der Waals surface area contributed by atoms with Crippen molar-refractivity contribution in [3.63, 3.8) is 0 Å². The summed E-state index contributed by atoms with van der Waals surface area (Å²) in [5, 5.41) is 5.01. The topological polar surface area (TPSA) is 70.4 Å². The van der Waals surface area contributed by atoms with Gasteiger partial charge in [-0.2, -0.15) is 5.10 Å². The molecule has 0 bridgehead atoms. The van der Waals surface area contributed by atoms with Crippen LogP contribution in [0.5, 0.6) is 5.75 Å². The highest BCUT2D eigenvalue weighted by atomic mass is 32.1. The largest absolute Gasteiger partial charge is 0.497 e. The van der Waals surface area contributed by atoms with Gasteiger partial charge in [0.2, 0.25) is 5.78 Å². The summed E-state index contributed by atoms with van der Waals surface area (Å²) in [6.07, 6.45) is 0. The minimum Gasteiger partial charge on any atom is -0.497 e. The van der Waals surface area contributed by atoms with Crippen LogP contribution < -0.4 is 4.74 Å². The van der Waals surface area contributed by atoms with Crippen LogP contribution in [0.25, 0.3) is 15.9 Å². The van der Waals surface area contributed by atoms with Gasteiger partial charge in [-0.1, -0.05) is 30.3 Å². The second kappa shape index (κ2) is 7.28. The normalized spacial score (nSPS) is 10.8. The minimum absolute atomic E-state index is 0.0982. The Morgan fingerprint density at radius 2 is 1.71 bits per heavy atom. The summed E-state index contributed by atoms with van der Waals surface area (Å²) in [6.45, 7) is 0. The van der Waals surface area contributed by atoms with E-state index in [-0.39, 0.29) is 11.5 Å². The molecular formula is C21H16N2O4S. The first-order valence-corrected chi connectivity index (χ1v) is 9.29. The lowest BCUT2D eigenvalue weighted by atomic mass is 10.1. The van der Waals surface area contributed by atoms with E-state index in [1.807, 2.05) is 42.5 Å². The number of benzene rings is 2. The summed E-state index contributed by atoms with van der Waals surface area (Å²) in [4.78, 5) is 26.3. The molecule has 0 aliphatic rings. The van der Waals surface area contributed by atoms with Crippen molar-refractivity contribution < 1.29 is 19.1 Å². The van der Waals surface area contributed by atoms with E-state index in [1.165, 1.54) is 18.4 Å². The van der Waals surface area contributed by atoms with Crippen LogP contribution in [0, 0.1) is 0 Å². The summed E-state index contributed by atoms with van der Waals surface area (Å²) >= 11 is 1.29. The molecule has 7 heteroatoms. The molecule has 0 fully saturated rings. The maximum atomic E-state index is 12.8. The fourth-order valence-corrected chi connectivity index (χ4v) is 3.99. The number of carbonyl (C=O) groups is 2. The molecule has 0 saturated heterocycles. The highest BCUT2D eigenvalue weighted by Gasteiger charge is 2.23. The van der Waals surface area contributed by atoms with Crippen LogP contribution in [0.15, 0.2) is 60.7 Å². The maximum absolute atomic E-state index is 12.8. The Labute approximate surface area is 164 Å². The number of hydrogen-bond donors (Lipinski definition) is 0. The molecular weight excluding hydrogens is 376 g/mol. The van der Waals surface area contributed by atoms with Crippen molar-refractivity contribution in [1.82, 2.24) is 9.78 Å². The van der Waals surface area contributed by atoms with Crippen LogP contribution in [0.1, 0.15) is 25.7 Å². The Balaban J connectivity index is 1.86. The van der Waals surface area contributed by atoms with E-state index in [9.17, 15) is 9.59 Å². The fourth-order valence-electron chi connectivity index (χ4n) is 2.90. The molecule has 0 aliphatic carbocycles. The van der Waals surface area contributed by atoms with E-state index in [1.54, 1.807) is 30.0 Å². The number of methoxy groups -OCH3 is 2. The van der Waals surface area contributed by atoms with Gasteiger partial charge in [-0.05, 0) is 30.3 Å². The first kappa shape index (κ1) is 17.9. The number of carbonyl (C=O) groups excluding carboxylic acids is 2. The molecule has 140 valence electrons. The van der Waals surface area contributed by atoms with Crippen molar-refractivity contribution in [3.8, 4) is 11.4 Å². The molecule has 0 aliphatic heterocycles. The zero-order valence-electron chi connectivity index (χ0n) is 15.2. The second-order valence-corrected chi connectivity index (χ2v) is 7.01. The highest BCUT2D eigenvalue weighted by Crippen LogP contribution is 2.32. The molecule has 28 heavy (non-hydrogen) atoms. The lowest BCUT2D eigenvalue weighted by Gasteiger charge is -2.04. The molecule has 0 saturated carbocycles. The van der Waals surface area contributed by atoms with E-state index in [0.29, 0.717) is 26.4 Å². The second-order valence-electron chi connectivity index (χ2n) is 5.97. The average molecular weight is 392 g/mol. The average Bonchev–Trinajstić information content (AvgIpc) is 3.33. The first-order valence-electron chi connectivity index (χ1n) is 8.47. The monoisotopic (exact) mass is 392 g/mol. The fraction of sp³-hybridized carbons (Fsp3) is 0.0952. The van der Waals surface area contributed by atoms with Gasteiger partial charge in [-0.15, -0.1) is 11.3 Å². The third kappa shape index (κ3) is 3.05. The van der Waals surface area contributed by atoms with Crippen molar-refractivity contribution in [2.24, 2.45) is 0 Å². The van der Waals surface area contributed by atoms with Crippen molar-refractivity contribution in [2.75, 3.05) is 14.2 Å². The van der Waals surface area contributed by atoms with E-state index < -0.39 is 5.97 Å². The molecule has 0 atom stereocenters. The number of fused-ring (bicyclic) bond motifs is 1. The van der Waals surface area contributed by atoms with Gasteiger partial charge in [0, 0.05) is 10.9 Å². The molecule has 2 aromatic carbocycles. The Morgan fingerprint density at radius 1 is 1.00 bits per heavy atom. The first-order chi connectivity index (χ1) is 13.6. The number of rotatable bonds is 5. The van der Waals surface area contributed by atoms with Crippen molar-refractivity contribution >= 4 is 33.3 Å². The van der Waals surface area contributed by atoms with Gasteiger partial charge in [0.1, 0.15) is 10.6 Å². The van der Waals surface area contributed by atoms with Gasteiger partial charge in [0.05, 0.1) is 24.8 Å². The molecule has 0 spiro atoms. The Hall–Kier alpha value is -3.45. The molecule has 2 aromatic heterocycles. The Morgan fingerprint density at radius 3 is 2.36 bits per heavy atom. The van der Waals surface area contributed by atoms with Crippen LogP contribution in [-0.4, -0.2) is 35.8 Å². The number of thiophene rings is 1. The molecule has 0 unspecified atom stereocenters. The van der Waals surface area contributed by atoms with Crippen molar-refractivity contribution in [3.05, 3.63) is 76.8 Å². The SMILES string of the molecule is COC(=O)c1nn(-c2ccc(OC)cc2)c2sc(C(=O)c3ccccc3)cc12. The van der Waals surface area contributed by atoms with E-state index in [4.69, 9.17) is 9.47 Å². The lowest BCUT2D eigenvalue weighted by Crippen LogP contribution is -2.05. The Bertz CT molecular complexity index is 1160. The quantitative estimate of drug-likeness (QED) is 0.378. The predicted molar refractivity (Wildman–Crippen MR) is 107 cm³/mol. The number of aromatic nitrogens is 2. The number of nitrogens with zero attached hydrogens (tertiary/aromatic N) is 2. The lowest BCUT2D eigenvalue weighted by molar-refractivity contribution is 0.0595. The van der Waals surface area contributed by atoms with Gasteiger partial charge < -0.3 is 9.47 Å². The summed E-state index contributed by atoms with van der Waals surface area (Å²) in [5.74, 6) is 0.0686. The molecule has 6 nitrogen and oxygen atoms in total. The van der Waals surface area contributed by atoms with Gasteiger partial charge in [0.15, 0.2) is 5.69 Å². The predicted octanol–water partition coefficient (Wildman–Crippen LogP) is 4.11. The minimum atomic E-state index is -0.547. The van der Waals surface area contributed by atoms with Crippen molar-refractivity contribution in [1.29, 1.82) is 0 Å². The molecule has 0 amide bonds. The highest BCUT2D eigenvalue weighted by molar-refractivity contribution is 7.20. The summed E-state index contributed by atoms with van der Waals surface area (Å²) < 4.78 is 11.7. The van der Waals surface area contributed by atoms with Gasteiger partial charge in [-0.25, -0.2) is 9.48 Å². The smallest absolute Gasteiger partial charge is 0.359 e. The number of esters is 1. The number of ketones is 1. The van der Waals surface area contributed by atoms with Crippen molar-refractivity contribution in [2.45, 2.75) is 0 Å². The van der Waals surface area contributed by atoms with Gasteiger partial charge in [-0.3, -0.25) is 4.79 Å². The summed E-state index contributed by atoms with van der Waals surface area (Å²) in [6, 6.07) is 18.0. The summed E-state index contributed by atoms with van der Waals surface area (Å²) in [5.41, 5.74) is 1.52. The molecule has 0 radical (unpaired) electrons.